The summed E-state index contributed by atoms with van der Waals surface area (Å²) >= 11 is 0. The Morgan fingerprint density at radius 1 is 1.06 bits per heavy atom. The van der Waals surface area contributed by atoms with E-state index in [9.17, 15) is 15.3 Å². The van der Waals surface area contributed by atoms with Crippen LogP contribution in [0.1, 0.15) is 27.2 Å². The van der Waals surface area contributed by atoms with Crippen molar-refractivity contribution in [3.8, 4) is 0 Å². The minimum absolute atomic E-state index is 0.0113. The van der Waals surface area contributed by atoms with Gasteiger partial charge in [-0.1, -0.05) is 20.8 Å². The number of aliphatic hydroxyl groups excluding tert-OH is 3. The first kappa shape index (κ1) is 13.2. The average molecular weight is 246 g/mol. The molecule has 2 saturated heterocycles. The highest BCUT2D eigenvalue weighted by atomic mass is 16.6. The second-order valence-electron chi connectivity index (χ2n) is 6.25. The Bertz CT molecular complexity index is 271. The van der Waals surface area contributed by atoms with E-state index in [4.69, 9.17) is 9.47 Å². The van der Waals surface area contributed by atoms with Gasteiger partial charge in [-0.3, -0.25) is 0 Å². The van der Waals surface area contributed by atoms with Crippen LogP contribution < -0.4 is 0 Å². The predicted octanol–water partition coefficient (Wildman–Crippen LogP) is -0.329. The Morgan fingerprint density at radius 3 is 2.12 bits per heavy atom. The van der Waals surface area contributed by atoms with Crippen LogP contribution in [0.25, 0.3) is 0 Å². The summed E-state index contributed by atoms with van der Waals surface area (Å²) in [4.78, 5) is 0. The van der Waals surface area contributed by atoms with Crippen molar-refractivity contribution in [1.29, 1.82) is 0 Å². The van der Waals surface area contributed by atoms with E-state index in [2.05, 4.69) is 0 Å². The smallest absolute Gasteiger partial charge is 0.115 e. The average Bonchev–Trinajstić information content (AvgIpc) is 3.01. The lowest BCUT2D eigenvalue weighted by Crippen LogP contribution is -2.59. The largest absolute Gasteiger partial charge is 0.388 e. The van der Waals surface area contributed by atoms with Crippen LogP contribution in [0.3, 0.4) is 0 Å². The number of hydrogen-bond donors (Lipinski definition) is 3. The minimum atomic E-state index is -1.16. The first-order valence-corrected chi connectivity index (χ1v) is 6.11. The molecule has 0 amide bonds. The summed E-state index contributed by atoms with van der Waals surface area (Å²) in [6.45, 7) is 6.68. The summed E-state index contributed by atoms with van der Waals surface area (Å²) < 4.78 is 10.8. The normalized spacial score (nSPS) is 46.9. The lowest BCUT2D eigenvalue weighted by molar-refractivity contribution is -0.231. The van der Waals surface area contributed by atoms with Gasteiger partial charge in [0.25, 0.3) is 0 Å². The summed E-state index contributed by atoms with van der Waals surface area (Å²) in [6.07, 6.45) is -3.78. The molecule has 2 aliphatic rings. The van der Waals surface area contributed by atoms with Crippen LogP contribution in [0.15, 0.2) is 0 Å². The van der Waals surface area contributed by atoms with E-state index in [0.29, 0.717) is 13.0 Å². The second kappa shape index (κ2) is 4.48. The zero-order valence-electron chi connectivity index (χ0n) is 10.5. The molecular formula is C12H22O5. The Balaban J connectivity index is 2.05. The molecule has 0 radical (unpaired) electrons. The maximum absolute atomic E-state index is 9.92. The lowest BCUT2D eigenvalue weighted by atomic mass is 9.83. The maximum Gasteiger partial charge on any atom is 0.115 e. The van der Waals surface area contributed by atoms with Gasteiger partial charge < -0.3 is 24.8 Å². The lowest BCUT2D eigenvalue weighted by Gasteiger charge is -2.42. The Morgan fingerprint density at radius 2 is 1.65 bits per heavy atom. The highest BCUT2D eigenvalue weighted by molar-refractivity contribution is 4.98. The fourth-order valence-corrected chi connectivity index (χ4v) is 2.30. The van der Waals surface area contributed by atoms with Gasteiger partial charge in [0.05, 0.1) is 12.7 Å². The predicted molar refractivity (Wildman–Crippen MR) is 60.5 cm³/mol. The summed E-state index contributed by atoms with van der Waals surface area (Å²) in [5, 5.41) is 29.6. The van der Waals surface area contributed by atoms with Gasteiger partial charge in [-0.25, -0.2) is 0 Å². The zero-order valence-corrected chi connectivity index (χ0v) is 10.5. The van der Waals surface area contributed by atoms with Crippen LogP contribution in [-0.2, 0) is 9.47 Å². The van der Waals surface area contributed by atoms with Gasteiger partial charge >= 0.3 is 0 Å². The van der Waals surface area contributed by atoms with Crippen LogP contribution in [0.5, 0.6) is 0 Å². The van der Waals surface area contributed by atoms with Crippen molar-refractivity contribution in [2.45, 2.75) is 63.8 Å². The van der Waals surface area contributed by atoms with Crippen molar-refractivity contribution in [2.75, 3.05) is 6.61 Å². The van der Waals surface area contributed by atoms with Gasteiger partial charge in [-0.05, 0) is 11.8 Å². The van der Waals surface area contributed by atoms with Gasteiger partial charge in [0.15, 0.2) is 0 Å². The van der Waals surface area contributed by atoms with Crippen molar-refractivity contribution < 1.29 is 24.8 Å². The van der Waals surface area contributed by atoms with Crippen LogP contribution in [-0.4, -0.2) is 58.6 Å². The Labute approximate surface area is 101 Å². The van der Waals surface area contributed by atoms with E-state index >= 15 is 0 Å². The molecule has 2 heterocycles. The van der Waals surface area contributed by atoms with Gasteiger partial charge in [0, 0.05) is 0 Å². The monoisotopic (exact) mass is 246 g/mol. The molecule has 17 heavy (non-hydrogen) atoms. The first-order valence-electron chi connectivity index (χ1n) is 6.11. The number of hydrogen-bond acceptors (Lipinski definition) is 5. The minimum Gasteiger partial charge on any atom is -0.388 e. The summed E-state index contributed by atoms with van der Waals surface area (Å²) in [5.41, 5.74) is -0.0113. The van der Waals surface area contributed by atoms with Crippen LogP contribution in [0, 0.1) is 5.41 Å². The molecule has 2 rings (SSSR count). The van der Waals surface area contributed by atoms with E-state index in [1.54, 1.807) is 0 Å². The van der Waals surface area contributed by atoms with E-state index in [1.165, 1.54) is 0 Å². The van der Waals surface area contributed by atoms with Crippen molar-refractivity contribution in [2.24, 2.45) is 5.41 Å². The molecule has 0 aromatic heterocycles. The quantitative estimate of drug-likeness (QED) is 0.581. The third-order valence-electron chi connectivity index (χ3n) is 3.29. The van der Waals surface area contributed by atoms with Gasteiger partial charge in [-0.15, -0.1) is 0 Å². The molecule has 100 valence electrons. The molecule has 2 fully saturated rings. The Kier molecular flexibility index (Phi) is 3.49. The van der Waals surface area contributed by atoms with E-state index in [0.717, 1.165) is 0 Å². The Hall–Kier alpha value is -0.200. The van der Waals surface area contributed by atoms with Crippen LogP contribution >= 0.6 is 0 Å². The molecule has 2 aliphatic heterocycles. The van der Waals surface area contributed by atoms with E-state index in [1.807, 2.05) is 20.8 Å². The number of ether oxygens (including phenoxy) is 2. The molecule has 0 saturated carbocycles. The van der Waals surface area contributed by atoms with Crippen LogP contribution in [0.4, 0.5) is 0 Å². The summed E-state index contributed by atoms with van der Waals surface area (Å²) in [6, 6.07) is 0. The van der Waals surface area contributed by atoms with Crippen molar-refractivity contribution in [3.05, 3.63) is 0 Å². The van der Waals surface area contributed by atoms with Crippen molar-refractivity contribution in [1.82, 2.24) is 0 Å². The number of epoxide rings is 1. The highest BCUT2D eigenvalue weighted by Crippen LogP contribution is 2.34. The SMILES string of the molecule is CC(C)(C)C[C@@H]1OC([C@H]2CO2)[C@H](O)[C@H](O)[C@H]1O. The van der Waals surface area contributed by atoms with Crippen molar-refractivity contribution in [3.63, 3.8) is 0 Å². The third-order valence-corrected chi connectivity index (χ3v) is 3.29. The molecule has 6 atom stereocenters. The number of rotatable bonds is 2. The molecule has 5 heteroatoms. The molecule has 0 aromatic carbocycles. The second-order valence-corrected chi connectivity index (χ2v) is 6.25. The zero-order chi connectivity index (χ0) is 12.8. The van der Waals surface area contributed by atoms with Gasteiger partial charge in [0.2, 0.25) is 0 Å². The fourth-order valence-electron chi connectivity index (χ4n) is 2.30. The molecule has 0 aromatic rings. The molecule has 0 bridgehead atoms. The summed E-state index contributed by atoms with van der Waals surface area (Å²) in [5.74, 6) is 0. The topological polar surface area (TPSA) is 82.5 Å². The van der Waals surface area contributed by atoms with Crippen LogP contribution in [0.2, 0.25) is 0 Å². The molecular weight excluding hydrogens is 224 g/mol. The fraction of sp³-hybridized carbons (Fsp3) is 1.00. The third kappa shape index (κ3) is 2.98. The van der Waals surface area contributed by atoms with Crippen molar-refractivity contribution >= 4 is 0 Å². The molecule has 1 unspecified atom stereocenters. The molecule has 0 aliphatic carbocycles. The molecule has 3 N–H and O–H groups in total. The van der Waals surface area contributed by atoms with E-state index < -0.39 is 30.5 Å². The molecule has 5 nitrogen and oxygen atoms in total. The first-order chi connectivity index (χ1) is 7.79. The standard InChI is InChI=1S/C12H22O5/c1-12(2,3)4-6-8(13)9(14)10(15)11(17-6)7-5-16-7/h6-11,13-15H,4-5H2,1-3H3/t6-,7+,8-,9+,10+,11?/m0/s1. The molecule has 0 spiro atoms. The highest BCUT2D eigenvalue weighted by Gasteiger charge is 2.50. The van der Waals surface area contributed by atoms with Gasteiger partial charge in [0.1, 0.15) is 30.5 Å². The van der Waals surface area contributed by atoms with Gasteiger partial charge in [-0.2, -0.15) is 0 Å². The number of aliphatic hydroxyl groups is 3. The van der Waals surface area contributed by atoms with E-state index in [-0.39, 0.29) is 11.5 Å². The maximum atomic E-state index is 9.92. The summed E-state index contributed by atoms with van der Waals surface area (Å²) in [7, 11) is 0.